The maximum atomic E-state index is 11.3. The van der Waals surface area contributed by atoms with E-state index in [1.54, 1.807) is 13.8 Å². The second kappa shape index (κ2) is 5.33. The SMILES string of the molecule is CC(=O)OC1CCc2ccccc2C1CC(C)(C)O. The lowest BCUT2D eigenvalue weighted by Gasteiger charge is -2.36. The zero-order valence-electron chi connectivity index (χ0n) is 11.8. The summed E-state index contributed by atoms with van der Waals surface area (Å²) < 4.78 is 5.46. The first-order valence-electron chi connectivity index (χ1n) is 6.84. The smallest absolute Gasteiger partial charge is 0.302 e. The van der Waals surface area contributed by atoms with Crippen LogP contribution in [0.1, 0.15) is 50.7 Å². The molecule has 0 aromatic heterocycles. The van der Waals surface area contributed by atoms with Gasteiger partial charge in [-0.25, -0.2) is 0 Å². The van der Waals surface area contributed by atoms with Gasteiger partial charge in [-0.3, -0.25) is 4.79 Å². The lowest BCUT2D eigenvalue weighted by Crippen LogP contribution is -2.34. The van der Waals surface area contributed by atoms with Crippen LogP contribution in [0.3, 0.4) is 0 Å². The number of rotatable bonds is 3. The molecule has 104 valence electrons. The van der Waals surface area contributed by atoms with Crippen molar-refractivity contribution in [2.24, 2.45) is 0 Å². The predicted octanol–water partition coefficient (Wildman–Crippen LogP) is 2.81. The van der Waals surface area contributed by atoms with Gasteiger partial charge in [-0.2, -0.15) is 0 Å². The molecule has 1 N–H and O–H groups in total. The molecule has 3 heteroatoms. The monoisotopic (exact) mass is 262 g/mol. The number of ether oxygens (including phenoxy) is 1. The normalized spacial score (nSPS) is 22.7. The zero-order chi connectivity index (χ0) is 14.0. The first-order chi connectivity index (χ1) is 8.87. The molecule has 0 saturated heterocycles. The topological polar surface area (TPSA) is 46.5 Å². The number of aliphatic hydroxyl groups is 1. The summed E-state index contributed by atoms with van der Waals surface area (Å²) in [5.41, 5.74) is 1.75. The summed E-state index contributed by atoms with van der Waals surface area (Å²) in [5.74, 6) is -0.168. The molecular weight excluding hydrogens is 240 g/mol. The van der Waals surface area contributed by atoms with Crippen LogP contribution in [-0.2, 0) is 16.0 Å². The molecule has 3 nitrogen and oxygen atoms in total. The quantitative estimate of drug-likeness (QED) is 0.852. The van der Waals surface area contributed by atoms with E-state index < -0.39 is 5.60 Å². The van der Waals surface area contributed by atoms with Gasteiger partial charge >= 0.3 is 5.97 Å². The van der Waals surface area contributed by atoms with Crippen molar-refractivity contribution < 1.29 is 14.6 Å². The Hall–Kier alpha value is -1.35. The van der Waals surface area contributed by atoms with E-state index in [9.17, 15) is 9.90 Å². The summed E-state index contributed by atoms with van der Waals surface area (Å²) in [6.07, 6.45) is 2.23. The molecule has 0 amide bonds. The van der Waals surface area contributed by atoms with Gasteiger partial charge in [0.15, 0.2) is 0 Å². The van der Waals surface area contributed by atoms with Gasteiger partial charge in [-0.1, -0.05) is 24.3 Å². The molecule has 2 atom stereocenters. The lowest BCUT2D eigenvalue weighted by atomic mass is 9.76. The van der Waals surface area contributed by atoms with Crippen LogP contribution in [0.25, 0.3) is 0 Å². The molecule has 2 rings (SSSR count). The third-order valence-corrected chi connectivity index (χ3v) is 3.64. The summed E-state index contributed by atoms with van der Waals surface area (Å²) in [6, 6.07) is 8.25. The zero-order valence-corrected chi connectivity index (χ0v) is 11.8. The third-order valence-electron chi connectivity index (χ3n) is 3.64. The first-order valence-corrected chi connectivity index (χ1v) is 6.84. The van der Waals surface area contributed by atoms with E-state index in [1.807, 2.05) is 12.1 Å². The molecule has 0 saturated carbocycles. The van der Waals surface area contributed by atoms with Crippen LogP contribution < -0.4 is 0 Å². The Bertz CT molecular complexity index is 459. The summed E-state index contributed by atoms with van der Waals surface area (Å²) >= 11 is 0. The van der Waals surface area contributed by atoms with Crippen molar-refractivity contribution in [3.05, 3.63) is 35.4 Å². The highest BCUT2D eigenvalue weighted by Gasteiger charge is 2.34. The van der Waals surface area contributed by atoms with Crippen LogP contribution in [0.5, 0.6) is 0 Å². The summed E-state index contributed by atoms with van der Waals surface area (Å²) in [7, 11) is 0. The lowest BCUT2D eigenvalue weighted by molar-refractivity contribution is -0.149. The van der Waals surface area contributed by atoms with E-state index in [0.717, 1.165) is 12.8 Å². The molecule has 19 heavy (non-hydrogen) atoms. The van der Waals surface area contributed by atoms with Crippen molar-refractivity contribution in [3.8, 4) is 0 Å². The maximum absolute atomic E-state index is 11.3. The molecule has 1 aromatic carbocycles. The Kier molecular flexibility index (Phi) is 3.95. The van der Waals surface area contributed by atoms with Gasteiger partial charge in [-0.15, -0.1) is 0 Å². The summed E-state index contributed by atoms with van der Waals surface area (Å²) in [6.45, 7) is 5.05. The van der Waals surface area contributed by atoms with Crippen molar-refractivity contribution >= 4 is 5.97 Å². The highest BCUT2D eigenvalue weighted by molar-refractivity contribution is 5.66. The highest BCUT2D eigenvalue weighted by atomic mass is 16.5. The van der Waals surface area contributed by atoms with Crippen molar-refractivity contribution in [1.29, 1.82) is 0 Å². The molecule has 0 heterocycles. The molecule has 1 aliphatic carbocycles. The van der Waals surface area contributed by atoms with Crippen molar-refractivity contribution in [3.63, 3.8) is 0 Å². The fraction of sp³-hybridized carbons (Fsp3) is 0.562. The molecular formula is C16H22O3. The van der Waals surface area contributed by atoms with Gasteiger partial charge in [0.1, 0.15) is 6.10 Å². The minimum absolute atomic E-state index is 0.0776. The first kappa shape index (κ1) is 14.1. The average molecular weight is 262 g/mol. The number of hydrogen-bond acceptors (Lipinski definition) is 3. The summed E-state index contributed by atoms with van der Waals surface area (Å²) in [4.78, 5) is 11.3. The Morgan fingerprint density at radius 2 is 2.11 bits per heavy atom. The minimum atomic E-state index is -0.770. The van der Waals surface area contributed by atoms with E-state index in [2.05, 4.69) is 12.1 Å². The van der Waals surface area contributed by atoms with Crippen molar-refractivity contribution in [2.75, 3.05) is 0 Å². The standard InChI is InChI=1S/C16H22O3/c1-11(17)19-15-9-8-12-6-4-5-7-13(12)14(15)10-16(2,3)18/h4-7,14-15,18H,8-10H2,1-3H3. The fourth-order valence-corrected chi connectivity index (χ4v) is 2.96. The fourth-order valence-electron chi connectivity index (χ4n) is 2.96. The van der Waals surface area contributed by atoms with E-state index in [4.69, 9.17) is 4.74 Å². The van der Waals surface area contributed by atoms with Crippen LogP contribution in [0.4, 0.5) is 0 Å². The van der Waals surface area contributed by atoms with Crippen LogP contribution >= 0.6 is 0 Å². The number of carbonyl (C=O) groups excluding carboxylic acids is 1. The van der Waals surface area contributed by atoms with Crippen LogP contribution in [0.15, 0.2) is 24.3 Å². The molecule has 0 spiro atoms. The Balaban J connectivity index is 2.30. The number of fused-ring (bicyclic) bond motifs is 1. The number of benzene rings is 1. The van der Waals surface area contributed by atoms with Gasteiger partial charge in [0.25, 0.3) is 0 Å². The minimum Gasteiger partial charge on any atom is -0.462 e. The number of esters is 1. The predicted molar refractivity (Wildman–Crippen MR) is 74.0 cm³/mol. The van der Waals surface area contributed by atoms with Gasteiger partial charge in [0.05, 0.1) is 5.60 Å². The molecule has 0 fully saturated rings. The second-order valence-electron chi connectivity index (χ2n) is 6.01. The van der Waals surface area contributed by atoms with E-state index in [0.29, 0.717) is 6.42 Å². The molecule has 1 aromatic rings. The summed E-state index contributed by atoms with van der Waals surface area (Å²) in [5, 5.41) is 10.1. The Labute approximate surface area is 114 Å². The number of hydrogen-bond donors (Lipinski definition) is 1. The largest absolute Gasteiger partial charge is 0.462 e. The number of aryl methyl sites for hydroxylation is 1. The van der Waals surface area contributed by atoms with Gasteiger partial charge in [-0.05, 0) is 44.2 Å². The highest BCUT2D eigenvalue weighted by Crippen LogP contribution is 2.38. The Morgan fingerprint density at radius 3 is 2.74 bits per heavy atom. The number of carbonyl (C=O) groups is 1. The van der Waals surface area contributed by atoms with E-state index >= 15 is 0 Å². The molecule has 0 bridgehead atoms. The molecule has 2 unspecified atom stereocenters. The molecule has 1 aliphatic rings. The van der Waals surface area contributed by atoms with Crippen LogP contribution in [0.2, 0.25) is 0 Å². The van der Waals surface area contributed by atoms with E-state index in [1.165, 1.54) is 18.1 Å². The average Bonchev–Trinajstić information content (AvgIpc) is 2.30. The van der Waals surface area contributed by atoms with Gasteiger partial charge < -0.3 is 9.84 Å². The van der Waals surface area contributed by atoms with Crippen LogP contribution in [0, 0.1) is 0 Å². The van der Waals surface area contributed by atoms with Gasteiger partial charge in [0, 0.05) is 12.8 Å². The van der Waals surface area contributed by atoms with E-state index in [-0.39, 0.29) is 18.0 Å². The van der Waals surface area contributed by atoms with Crippen molar-refractivity contribution in [1.82, 2.24) is 0 Å². The third kappa shape index (κ3) is 3.57. The molecule has 0 radical (unpaired) electrons. The van der Waals surface area contributed by atoms with Crippen molar-refractivity contribution in [2.45, 2.75) is 57.7 Å². The van der Waals surface area contributed by atoms with Crippen LogP contribution in [-0.4, -0.2) is 22.8 Å². The van der Waals surface area contributed by atoms with Gasteiger partial charge in [0.2, 0.25) is 0 Å². The second-order valence-corrected chi connectivity index (χ2v) is 6.01. The maximum Gasteiger partial charge on any atom is 0.302 e. The molecule has 0 aliphatic heterocycles. The Morgan fingerprint density at radius 1 is 1.42 bits per heavy atom.